The van der Waals surface area contributed by atoms with Crippen molar-refractivity contribution in [3.8, 4) is 0 Å². The van der Waals surface area contributed by atoms with E-state index < -0.39 is 0 Å². The number of hydrogen-bond donors (Lipinski definition) is 1. The van der Waals surface area contributed by atoms with E-state index in [4.69, 9.17) is 11.6 Å². The van der Waals surface area contributed by atoms with E-state index in [0.717, 1.165) is 24.7 Å². The van der Waals surface area contributed by atoms with E-state index in [1.54, 1.807) is 0 Å². The third-order valence-corrected chi connectivity index (χ3v) is 3.96. The van der Waals surface area contributed by atoms with Gasteiger partial charge < -0.3 is 9.88 Å². The van der Waals surface area contributed by atoms with Crippen LogP contribution in [0.5, 0.6) is 0 Å². The Labute approximate surface area is 130 Å². The zero-order chi connectivity index (χ0) is 14.7. The lowest BCUT2D eigenvalue weighted by molar-refractivity contribution is 0.724. The summed E-state index contributed by atoms with van der Waals surface area (Å²) in [5.74, 6) is 0. The van der Waals surface area contributed by atoms with Gasteiger partial charge in [0.15, 0.2) is 0 Å². The first kappa shape index (κ1) is 14.2. The van der Waals surface area contributed by atoms with Crippen molar-refractivity contribution >= 4 is 22.5 Å². The van der Waals surface area contributed by atoms with E-state index >= 15 is 0 Å². The smallest absolute Gasteiger partial charge is 0.0529 e. The summed E-state index contributed by atoms with van der Waals surface area (Å²) in [6, 6.07) is 16.7. The van der Waals surface area contributed by atoms with Crippen LogP contribution in [0.25, 0.3) is 10.9 Å². The molecule has 0 spiro atoms. The molecule has 0 aliphatic rings. The molecule has 0 saturated heterocycles. The monoisotopic (exact) mass is 298 g/mol. The minimum absolute atomic E-state index is 0.781. The Hall–Kier alpha value is -1.77. The van der Waals surface area contributed by atoms with Crippen LogP contribution in [0.3, 0.4) is 0 Å². The predicted octanol–water partition coefficient (Wildman–Crippen LogP) is 4.45. The molecule has 0 aliphatic heterocycles. The lowest BCUT2D eigenvalue weighted by Crippen LogP contribution is -2.13. The third-order valence-electron chi connectivity index (χ3n) is 3.70. The molecule has 2 nitrogen and oxygen atoms in total. The van der Waals surface area contributed by atoms with Gasteiger partial charge in [0.1, 0.15) is 0 Å². The molecule has 1 aromatic heterocycles. The standard InChI is InChI=1S/C18H19ClN2/c1-2-20-12-16-5-3-4-15-10-11-21(18(15)16)13-14-6-8-17(19)9-7-14/h3-11,20H,2,12-13H2,1H3. The summed E-state index contributed by atoms with van der Waals surface area (Å²) in [6.07, 6.45) is 2.16. The molecule has 0 saturated carbocycles. The Morgan fingerprint density at radius 3 is 2.62 bits per heavy atom. The summed E-state index contributed by atoms with van der Waals surface area (Å²) in [7, 11) is 0. The average Bonchev–Trinajstić information content (AvgIpc) is 2.91. The lowest BCUT2D eigenvalue weighted by atomic mass is 10.1. The van der Waals surface area contributed by atoms with Crippen molar-refractivity contribution in [2.24, 2.45) is 0 Å². The van der Waals surface area contributed by atoms with Crippen LogP contribution >= 0.6 is 11.6 Å². The van der Waals surface area contributed by atoms with Crippen molar-refractivity contribution < 1.29 is 0 Å². The van der Waals surface area contributed by atoms with Crippen molar-refractivity contribution in [1.82, 2.24) is 9.88 Å². The molecule has 3 aromatic rings. The van der Waals surface area contributed by atoms with Crippen LogP contribution in [0.1, 0.15) is 18.1 Å². The molecule has 0 atom stereocenters. The van der Waals surface area contributed by atoms with Gasteiger partial charge in [-0.05, 0) is 41.3 Å². The Bertz CT molecular complexity index is 729. The minimum atomic E-state index is 0.781. The van der Waals surface area contributed by atoms with Gasteiger partial charge in [0.2, 0.25) is 0 Å². The second kappa shape index (κ2) is 6.33. The van der Waals surface area contributed by atoms with Gasteiger partial charge in [-0.3, -0.25) is 0 Å². The van der Waals surface area contributed by atoms with Crippen LogP contribution in [0.15, 0.2) is 54.7 Å². The molecule has 1 N–H and O–H groups in total. The molecular formula is C18H19ClN2. The number of fused-ring (bicyclic) bond motifs is 1. The van der Waals surface area contributed by atoms with E-state index in [2.05, 4.69) is 59.4 Å². The summed E-state index contributed by atoms with van der Waals surface area (Å²) >= 11 is 5.96. The van der Waals surface area contributed by atoms with E-state index in [9.17, 15) is 0 Å². The molecule has 2 aromatic carbocycles. The molecule has 0 fully saturated rings. The third kappa shape index (κ3) is 3.12. The number of para-hydroxylation sites is 1. The van der Waals surface area contributed by atoms with Gasteiger partial charge in [-0.2, -0.15) is 0 Å². The van der Waals surface area contributed by atoms with Gasteiger partial charge in [-0.25, -0.2) is 0 Å². The largest absolute Gasteiger partial charge is 0.343 e. The molecule has 0 unspecified atom stereocenters. The lowest BCUT2D eigenvalue weighted by Gasteiger charge is -2.10. The molecule has 1 heterocycles. The van der Waals surface area contributed by atoms with Crippen molar-refractivity contribution in [3.05, 3.63) is 70.9 Å². The number of rotatable bonds is 5. The number of hydrogen-bond acceptors (Lipinski definition) is 1. The molecule has 0 amide bonds. The quantitative estimate of drug-likeness (QED) is 0.736. The van der Waals surface area contributed by atoms with Crippen LogP contribution in [-0.4, -0.2) is 11.1 Å². The van der Waals surface area contributed by atoms with E-state index in [1.165, 1.54) is 22.0 Å². The van der Waals surface area contributed by atoms with Gasteiger partial charge >= 0.3 is 0 Å². The van der Waals surface area contributed by atoms with Gasteiger partial charge in [0.25, 0.3) is 0 Å². The van der Waals surface area contributed by atoms with Gasteiger partial charge in [0, 0.05) is 24.3 Å². The summed E-state index contributed by atoms with van der Waals surface area (Å²) in [5.41, 5.74) is 3.91. The number of benzene rings is 2. The zero-order valence-electron chi connectivity index (χ0n) is 12.1. The van der Waals surface area contributed by atoms with E-state index in [0.29, 0.717) is 0 Å². The molecule has 108 valence electrons. The average molecular weight is 299 g/mol. The van der Waals surface area contributed by atoms with Crippen LogP contribution < -0.4 is 5.32 Å². The summed E-state index contributed by atoms with van der Waals surface area (Å²) in [5, 5.41) is 5.49. The highest BCUT2D eigenvalue weighted by molar-refractivity contribution is 6.30. The van der Waals surface area contributed by atoms with Gasteiger partial charge in [-0.15, -0.1) is 0 Å². The van der Waals surface area contributed by atoms with E-state index in [-0.39, 0.29) is 0 Å². The highest BCUT2D eigenvalue weighted by Crippen LogP contribution is 2.22. The summed E-state index contributed by atoms with van der Waals surface area (Å²) in [4.78, 5) is 0. The highest BCUT2D eigenvalue weighted by atomic mass is 35.5. The Balaban J connectivity index is 1.96. The minimum Gasteiger partial charge on any atom is -0.343 e. The van der Waals surface area contributed by atoms with Crippen molar-refractivity contribution in [2.45, 2.75) is 20.0 Å². The first-order valence-corrected chi connectivity index (χ1v) is 7.67. The molecular weight excluding hydrogens is 280 g/mol. The maximum Gasteiger partial charge on any atom is 0.0529 e. The maximum atomic E-state index is 5.96. The molecule has 3 heteroatoms. The van der Waals surface area contributed by atoms with E-state index in [1.807, 2.05) is 12.1 Å². The molecule has 0 radical (unpaired) electrons. The fraction of sp³-hybridized carbons (Fsp3) is 0.222. The van der Waals surface area contributed by atoms with Gasteiger partial charge in [0.05, 0.1) is 5.52 Å². The fourth-order valence-corrected chi connectivity index (χ4v) is 2.79. The maximum absolute atomic E-state index is 5.96. The highest BCUT2D eigenvalue weighted by Gasteiger charge is 2.06. The normalized spacial score (nSPS) is 11.1. The fourth-order valence-electron chi connectivity index (χ4n) is 2.66. The van der Waals surface area contributed by atoms with Crippen molar-refractivity contribution in [3.63, 3.8) is 0 Å². The van der Waals surface area contributed by atoms with Crippen LogP contribution in [0.2, 0.25) is 5.02 Å². The second-order valence-corrected chi connectivity index (χ2v) is 5.64. The number of nitrogens with zero attached hydrogens (tertiary/aromatic N) is 1. The molecule has 21 heavy (non-hydrogen) atoms. The van der Waals surface area contributed by atoms with Crippen molar-refractivity contribution in [1.29, 1.82) is 0 Å². The topological polar surface area (TPSA) is 17.0 Å². The first-order valence-electron chi connectivity index (χ1n) is 7.30. The molecule has 0 bridgehead atoms. The van der Waals surface area contributed by atoms with Crippen LogP contribution in [0, 0.1) is 0 Å². The van der Waals surface area contributed by atoms with Crippen LogP contribution in [0.4, 0.5) is 0 Å². The first-order chi connectivity index (χ1) is 10.3. The Morgan fingerprint density at radius 2 is 1.86 bits per heavy atom. The Morgan fingerprint density at radius 1 is 1.05 bits per heavy atom. The predicted molar refractivity (Wildman–Crippen MR) is 89.9 cm³/mol. The van der Waals surface area contributed by atoms with Crippen molar-refractivity contribution in [2.75, 3.05) is 6.54 Å². The second-order valence-electron chi connectivity index (χ2n) is 5.21. The summed E-state index contributed by atoms with van der Waals surface area (Å²) in [6.45, 7) is 4.88. The number of aromatic nitrogens is 1. The molecule has 3 rings (SSSR count). The van der Waals surface area contributed by atoms with Crippen LogP contribution in [-0.2, 0) is 13.1 Å². The summed E-state index contributed by atoms with van der Waals surface area (Å²) < 4.78 is 2.31. The Kier molecular flexibility index (Phi) is 4.28. The molecule has 0 aliphatic carbocycles. The zero-order valence-corrected chi connectivity index (χ0v) is 12.9. The number of nitrogens with one attached hydrogen (secondary N) is 1. The SMILES string of the molecule is CCNCc1cccc2ccn(Cc3ccc(Cl)cc3)c12. The number of halogens is 1. The van der Waals surface area contributed by atoms with Gasteiger partial charge in [-0.1, -0.05) is 48.9 Å².